The van der Waals surface area contributed by atoms with Crippen molar-refractivity contribution in [1.29, 1.82) is 0 Å². The predicted octanol–water partition coefficient (Wildman–Crippen LogP) is 3.34. The Hall–Kier alpha value is -1.69. The molecule has 0 aliphatic heterocycles. The van der Waals surface area contributed by atoms with Gasteiger partial charge in [-0.25, -0.2) is 0 Å². The number of likely N-dealkylation sites (N-methyl/N-ethyl adjacent to an activating group) is 1. The van der Waals surface area contributed by atoms with Crippen LogP contribution in [0.2, 0.25) is 0 Å². The molecular formula is C19H32N6. The van der Waals surface area contributed by atoms with Gasteiger partial charge in [0.2, 0.25) is 0 Å². The van der Waals surface area contributed by atoms with Crippen molar-refractivity contribution in [3.8, 4) is 0 Å². The molecule has 2 aromatic heterocycles. The van der Waals surface area contributed by atoms with Crippen molar-refractivity contribution in [2.75, 3.05) is 26.0 Å². The van der Waals surface area contributed by atoms with E-state index in [2.05, 4.69) is 55.3 Å². The molecule has 0 saturated heterocycles. The van der Waals surface area contributed by atoms with Crippen molar-refractivity contribution < 1.29 is 0 Å². The van der Waals surface area contributed by atoms with Crippen LogP contribution in [0.15, 0.2) is 12.1 Å². The average Bonchev–Trinajstić information content (AvgIpc) is 2.99. The minimum Gasteiger partial charge on any atom is -0.367 e. The highest BCUT2D eigenvalue weighted by Gasteiger charge is 2.25. The van der Waals surface area contributed by atoms with Gasteiger partial charge in [-0.15, -0.1) is 15.3 Å². The number of nitrogens with one attached hydrogen (secondary N) is 1. The number of fused-ring (bicyclic) bond motifs is 1. The fraction of sp³-hybridized carbons (Fsp3) is 0.737. The number of aromatic nitrogens is 4. The van der Waals surface area contributed by atoms with E-state index in [0.717, 1.165) is 29.8 Å². The van der Waals surface area contributed by atoms with Crippen LogP contribution in [0.4, 0.5) is 5.82 Å². The summed E-state index contributed by atoms with van der Waals surface area (Å²) >= 11 is 0. The second kappa shape index (κ2) is 7.28. The van der Waals surface area contributed by atoms with Crippen LogP contribution in [0.25, 0.3) is 5.65 Å². The summed E-state index contributed by atoms with van der Waals surface area (Å²) in [4.78, 5) is 2.36. The van der Waals surface area contributed by atoms with Gasteiger partial charge < -0.3 is 10.2 Å². The zero-order valence-electron chi connectivity index (χ0n) is 16.3. The van der Waals surface area contributed by atoms with Crippen LogP contribution in [0.1, 0.15) is 58.7 Å². The molecule has 0 radical (unpaired) electrons. The highest BCUT2D eigenvalue weighted by atomic mass is 15.4. The lowest BCUT2D eigenvalue weighted by atomic mass is 9.83. The zero-order chi connectivity index (χ0) is 18.0. The lowest BCUT2D eigenvalue weighted by Crippen LogP contribution is -2.41. The van der Waals surface area contributed by atoms with Gasteiger partial charge >= 0.3 is 0 Å². The van der Waals surface area contributed by atoms with E-state index in [1.807, 2.05) is 16.6 Å². The van der Waals surface area contributed by atoms with Crippen LogP contribution >= 0.6 is 0 Å². The van der Waals surface area contributed by atoms with Gasteiger partial charge in [-0.05, 0) is 45.0 Å². The minimum atomic E-state index is -0.0840. The Labute approximate surface area is 151 Å². The Kier molecular flexibility index (Phi) is 5.27. The van der Waals surface area contributed by atoms with Crippen LogP contribution in [0.5, 0.6) is 0 Å². The predicted molar refractivity (Wildman–Crippen MR) is 102 cm³/mol. The molecule has 6 heteroatoms. The van der Waals surface area contributed by atoms with Crippen LogP contribution in [0.3, 0.4) is 0 Å². The Bertz CT molecular complexity index is 693. The molecule has 0 spiro atoms. The van der Waals surface area contributed by atoms with E-state index < -0.39 is 0 Å². The lowest BCUT2D eigenvalue weighted by molar-refractivity contribution is 0.179. The molecule has 1 fully saturated rings. The Morgan fingerprint density at radius 3 is 2.52 bits per heavy atom. The quantitative estimate of drug-likeness (QED) is 0.901. The molecule has 1 atom stereocenters. The first-order chi connectivity index (χ1) is 11.9. The third kappa shape index (κ3) is 4.11. The van der Waals surface area contributed by atoms with E-state index in [0.29, 0.717) is 6.04 Å². The molecule has 25 heavy (non-hydrogen) atoms. The largest absolute Gasteiger partial charge is 0.367 e. The summed E-state index contributed by atoms with van der Waals surface area (Å²) in [5.74, 6) is 2.56. The Morgan fingerprint density at radius 2 is 1.88 bits per heavy atom. The Balaban J connectivity index is 1.75. The van der Waals surface area contributed by atoms with Gasteiger partial charge in [-0.2, -0.15) is 4.52 Å². The third-order valence-electron chi connectivity index (χ3n) is 5.28. The fourth-order valence-electron chi connectivity index (χ4n) is 3.85. The summed E-state index contributed by atoms with van der Waals surface area (Å²) in [7, 11) is 4.38. The maximum atomic E-state index is 4.74. The second-order valence-corrected chi connectivity index (χ2v) is 8.57. The SMILES string of the molecule is CN(C)C(CNc1ccc2nnc(C(C)(C)C)n2n1)C1CCCCC1. The van der Waals surface area contributed by atoms with Gasteiger partial charge in [-0.1, -0.05) is 40.0 Å². The van der Waals surface area contributed by atoms with Gasteiger partial charge in [-0.3, -0.25) is 0 Å². The molecule has 1 unspecified atom stereocenters. The first-order valence-electron chi connectivity index (χ1n) is 9.49. The topological polar surface area (TPSA) is 58.3 Å². The number of rotatable bonds is 5. The van der Waals surface area contributed by atoms with Crippen LogP contribution < -0.4 is 5.32 Å². The maximum absolute atomic E-state index is 4.74. The summed E-state index contributed by atoms with van der Waals surface area (Å²) in [6, 6.07) is 4.54. The summed E-state index contributed by atoms with van der Waals surface area (Å²) in [6.45, 7) is 7.33. The van der Waals surface area contributed by atoms with Crippen molar-refractivity contribution in [1.82, 2.24) is 24.7 Å². The van der Waals surface area contributed by atoms with Gasteiger partial charge in [0.05, 0.1) is 0 Å². The molecule has 1 N–H and O–H groups in total. The first kappa shape index (κ1) is 18.1. The molecule has 2 aromatic rings. The van der Waals surface area contributed by atoms with E-state index >= 15 is 0 Å². The maximum Gasteiger partial charge on any atom is 0.178 e. The number of hydrogen-bond acceptors (Lipinski definition) is 5. The number of hydrogen-bond donors (Lipinski definition) is 1. The van der Waals surface area contributed by atoms with Crippen molar-refractivity contribution in [3.05, 3.63) is 18.0 Å². The molecule has 1 saturated carbocycles. The summed E-state index contributed by atoms with van der Waals surface area (Å²) in [5.41, 5.74) is 0.714. The summed E-state index contributed by atoms with van der Waals surface area (Å²) in [6.07, 6.45) is 6.82. The monoisotopic (exact) mass is 344 g/mol. The lowest BCUT2D eigenvalue weighted by Gasteiger charge is -2.35. The van der Waals surface area contributed by atoms with Gasteiger partial charge in [0.1, 0.15) is 5.82 Å². The van der Waals surface area contributed by atoms with E-state index in [9.17, 15) is 0 Å². The van der Waals surface area contributed by atoms with Gasteiger partial charge in [0, 0.05) is 18.0 Å². The van der Waals surface area contributed by atoms with E-state index in [1.165, 1.54) is 32.1 Å². The van der Waals surface area contributed by atoms with Gasteiger partial charge in [0.25, 0.3) is 0 Å². The van der Waals surface area contributed by atoms with E-state index in [-0.39, 0.29) is 5.41 Å². The van der Waals surface area contributed by atoms with Crippen LogP contribution in [0, 0.1) is 5.92 Å². The fourth-order valence-corrected chi connectivity index (χ4v) is 3.85. The van der Waals surface area contributed by atoms with Crippen molar-refractivity contribution in [3.63, 3.8) is 0 Å². The standard InChI is InChI=1S/C19H32N6/c1-19(2,3)18-22-21-17-12-11-16(23-25(17)18)20-13-15(24(4)5)14-9-7-6-8-10-14/h11-12,14-15H,6-10,13H2,1-5H3,(H,20,23). The highest BCUT2D eigenvalue weighted by molar-refractivity contribution is 5.44. The van der Waals surface area contributed by atoms with Gasteiger partial charge in [0.15, 0.2) is 11.5 Å². The van der Waals surface area contributed by atoms with Crippen LogP contribution in [-0.4, -0.2) is 51.4 Å². The molecule has 6 nitrogen and oxygen atoms in total. The molecule has 138 valence electrons. The summed E-state index contributed by atoms with van der Waals surface area (Å²) < 4.78 is 1.87. The van der Waals surface area contributed by atoms with Crippen molar-refractivity contribution in [2.45, 2.75) is 64.3 Å². The molecular weight excluding hydrogens is 312 g/mol. The van der Waals surface area contributed by atoms with E-state index in [1.54, 1.807) is 0 Å². The smallest absolute Gasteiger partial charge is 0.178 e. The van der Waals surface area contributed by atoms with Crippen molar-refractivity contribution >= 4 is 11.5 Å². The van der Waals surface area contributed by atoms with Crippen molar-refractivity contribution in [2.24, 2.45) is 5.92 Å². The molecule has 1 aliphatic carbocycles. The normalized spacial score (nSPS) is 18.0. The summed E-state index contributed by atoms with van der Waals surface area (Å²) in [5, 5.41) is 16.9. The molecule has 0 aromatic carbocycles. The van der Waals surface area contributed by atoms with Crippen LogP contribution in [-0.2, 0) is 5.41 Å². The van der Waals surface area contributed by atoms with E-state index in [4.69, 9.17) is 5.10 Å². The number of anilines is 1. The molecule has 1 aliphatic rings. The first-order valence-corrected chi connectivity index (χ1v) is 9.49. The molecule has 0 bridgehead atoms. The highest BCUT2D eigenvalue weighted by Crippen LogP contribution is 2.28. The minimum absolute atomic E-state index is 0.0840. The second-order valence-electron chi connectivity index (χ2n) is 8.57. The average molecular weight is 345 g/mol. The third-order valence-corrected chi connectivity index (χ3v) is 5.28. The number of nitrogens with zero attached hydrogens (tertiary/aromatic N) is 5. The molecule has 2 heterocycles. The zero-order valence-corrected chi connectivity index (χ0v) is 16.3. The Morgan fingerprint density at radius 1 is 1.16 bits per heavy atom. The molecule has 3 rings (SSSR count). The molecule has 0 amide bonds.